The van der Waals surface area contributed by atoms with Crippen LogP contribution in [0.15, 0.2) is 36.5 Å². The van der Waals surface area contributed by atoms with E-state index in [2.05, 4.69) is 53.6 Å². The molecule has 0 saturated carbocycles. The van der Waals surface area contributed by atoms with Crippen molar-refractivity contribution in [2.24, 2.45) is 0 Å². The maximum absolute atomic E-state index is 5.66. The third-order valence-corrected chi connectivity index (χ3v) is 6.23. The van der Waals surface area contributed by atoms with Gasteiger partial charge in [-0.15, -0.1) is 0 Å². The van der Waals surface area contributed by atoms with Gasteiger partial charge in [0.05, 0.1) is 29.9 Å². The minimum atomic E-state index is -0.0841. The lowest BCUT2D eigenvalue weighted by molar-refractivity contribution is -0.0489. The Balaban J connectivity index is 1.53. The summed E-state index contributed by atoms with van der Waals surface area (Å²) in [6, 6.07) is 11.0. The summed E-state index contributed by atoms with van der Waals surface area (Å²) in [5, 5.41) is 0. The van der Waals surface area contributed by atoms with Gasteiger partial charge in [-0.05, 0) is 43.0 Å². The topological polar surface area (TPSA) is 39.5 Å². The molecule has 0 bridgehead atoms. The van der Waals surface area contributed by atoms with Crippen LogP contribution in [0.5, 0.6) is 0 Å². The summed E-state index contributed by atoms with van der Waals surface area (Å²) >= 11 is 0. The predicted molar refractivity (Wildman–Crippen MR) is 111 cm³/mol. The Morgan fingerprint density at radius 3 is 2.68 bits per heavy atom. The van der Waals surface area contributed by atoms with Crippen LogP contribution >= 0.6 is 0 Å². The Labute approximate surface area is 165 Å². The van der Waals surface area contributed by atoms with E-state index >= 15 is 0 Å². The van der Waals surface area contributed by atoms with Gasteiger partial charge in [0.2, 0.25) is 0 Å². The van der Waals surface area contributed by atoms with Crippen LogP contribution in [0.2, 0.25) is 0 Å². The zero-order valence-corrected chi connectivity index (χ0v) is 16.6. The zero-order chi connectivity index (χ0) is 19.1. The monoisotopic (exact) mass is 377 g/mol. The Morgan fingerprint density at radius 2 is 1.86 bits per heavy atom. The van der Waals surface area contributed by atoms with Gasteiger partial charge in [-0.3, -0.25) is 4.98 Å². The molecule has 5 heteroatoms. The van der Waals surface area contributed by atoms with E-state index < -0.39 is 0 Å². The summed E-state index contributed by atoms with van der Waals surface area (Å²) in [5.74, 6) is 0. The van der Waals surface area contributed by atoms with E-state index in [4.69, 9.17) is 14.5 Å². The average Bonchev–Trinajstić information content (AvgIpc) is 3.34. The van der Waals surface area contributed by atoms with Crippen LogP contribution in [0.25, 0.3) is 11.0 Å². The van der Waals surface area contributed by atoms with Crippen molar-refractivity contribution >= 4 is 16.7 Å². The van der Waals surface area contributed by atoms with Gasteiger partial charge in [-0.25, -0.2) is 0 Å². The Kier molecular flexibility index (Phi) is 4.57. The minimum Gasteiger partial charge on any atom is -0.365 e. The standard InChI is InChI=1S/C23H27N3O2/c1-16-17(2)26(12-9-21-27-13-14-28-21)23-20(7-10-24-22(16)23)25-11-8-18-5-3-4-6-19(18)15-25/h3-7,10,21H,8-9,11-15H2,1-2H3. The number of fused-ring (bicyclic) bond motifs is 2. The van der Waals surface area contributed by atoms with Gasteiger partial charge < -0.3 is 18.9 Å². The smallest absolute Gasteiger partial charge is 0.159 e. The molecule has 0 atom stereocenters. The summed E-state index contributed by atoms with van der Waals surface area (Å²) in [6.45, 7) is 8.65. The molecular weight excluding hydrogens is 350 g/mol. The summed E-state index contributed by atoms with van der Waals surface area (Å²) in [5.41, 5.74) is 9.09. The first-order valence-electron chi connectivity index (χ1n) is 10.2. The maximum atomic E-state index is 5.66. The van der Waals surface area contributed by atoms with Gasteiger partial charge in [0, 0.05) is 37.9 Å². The van der Waals surface area contributed by atoms with E-state index in [9.17, 15) is 0 Å². The lowest BCUT2D eigenvalue weighted by Crippen LogP contribution is -2.30. The Bertz CT molecular complexity index is 1000. The molecule has 2 aliphatic heterocycles. The first-order valence-corrected chi connectivity index (χ1v) is 10.2. The van der Waals surface area contributed by atoms with Crippen molar-refractivity contribution in [3.63, 3.8) is 0 Å². The number of rotatable bonds is 4. The third-order valence-electron chi connectivity index (χ3n) is 6.23. The lowest BCUT2D eigenvalue weighted by atomic mass is 9.99. The first kappa shape index (κ1) is 17.7. The molecule has 5 rings (SSSR count). The van der Waals surface area contributed by atoms with E-state index in [1.165, 1.54) is 33.6 Å². The second-order valence-corrected chi connectivity index (χ2v) is 7.79. The number of aryl methyl sites for hydroxylation is 2. The Morgan fingerprint density at radius 1 is 1.07 bits per heavy atom. The van der Waals surface area contributed by atoms with Gasteiger partial charge >= 0.3 is 0 Å². The molecule has 1 saturated heterocycles. The van der Waals surface area contributed by atoms with Gasteiger partial charge in [0.1, 0.15) is 0 Å². The van der Waals surface area contributed by atoms with Crippen molar-refractivity contribution in [1.29, 1.82) is 0 Å². The minimum absolute atomic E-state index is 0.0841. The quantitative estimate of drug-likeness (QED) is 0.689. The number of anilines is 1. The first-order chi connectivity index (χ1) is 13.7. The molecule has 2 aliphatic rings. The van der Waals surface area contributed by atoms with Crippen LogP contribution in [-0.2, 0) is 29.0 Å². The van der Waals surface area contributed by atoms with E-state index in [0.29, 0.717) is 13.2 Å². The van der Waals surface area contributed by atoms with Crippen molar-refractivity contribution in [2.75, 3.05) is 24.7 Å². The van der Waals surface area contributed by atoms with E-state index in [0.717, 1.165) is 38.0 Å². The largest absolute Gasteiger partial charge is 0.365 e. The fourth-order valence-corrected chi connectivity index (χ4v) is 4.57. The molecule has 3 aromatic rings. The summed E-state index contributed by atoms with van der Waals surface area (Å²) in [6.07, 6.45) is 3.82. The molecule has 5 nitrogen and oxygen atoms in total. The molecule has 2 aromatic heterocycles. The van der Waals surface area contributed by atoms with Crippen molar-refractivity contribution in [3.8, 4) is 0 Å². The van der Waals surface area contributed by atoms with Crippen molar-refractivity contribution < 1.29 is 9.47 Å². The molecule has 1 fully saturated rings. The fraction of sp³-hybridized carbons (Fsp3) is 0.435. The third kappa shape index (κ3) is 2.99. The highest BCUT2D eigenvalue weighted by Gasteiger charge is 2.23. The molecule has 146 valence electrons. The van der Waals surface area contributed by atoms with Gasteiger partial charge in [0.25, 0.3) is 0 Å². The number of ether oxygens (including phenoxy) is 2. The molecule has 0 unspecified atom stereocenters. The van der Waals surface area contributed by atoms with Crippen LogP contribution in [-0.4, -0.2) is 35.6 Å². The van der Waals surface area contributed by atoms with E-state index in [-0.39, 0.29) is 6.29 Å². The van der Waals surface area contributed by atoms with Gasteiger partial charge in [-0.2, -0.15) is 0 Å². The molecular formula is C23H27N3O2. The number of benzene rings is 1. The highest BCUT2D eigenvalue weighted by molar-refractivity contribution is 5.92. The SMILES string of the molecule is Cc1c(C)n(CCC2OCCO2)c2c(N3CCc4ccccc4C3)ccnc12. The number of aromatic nitrogens is 2. The number of nitrogens with zero attached hydrogens (tertiary/aromatic N) is 3. The van der Waals surface area contributed by atoms with Crippen molar-refractivity contribution in [1.82, 2.24) is 9.55 Å². The molecule has 1 aromatic carbocycles. The normalized spacial score (nSPS) is 17.4. The fourth-order valence-electron chi connectivity index (χ4n) is 4.57. The van der Waals surface area contributed by atoms with Crippen molar-refractivity contribution in [3.05, 3.63) is 58.9 Å². The summed E-state index contributed by atoms with van der Waals surface area (Å²) in [7, 11) is 0. The molecule has 28 heavy (non-hydrogen) atoms. The van der Waals surface area contributed by atoms with Gasteiger partial charge in [0.15, 0.2) is 6.29 Å². The summed E-state index contributed by atoms with van der Waals surface area (Å²) < 4.78 is 13.7. The summed E-state index contributed by atoms with van der Waals surface area (Å²) in [4.78, 5) is 7.24. The highest BCUT2D eigenvalue weighted by Crippen LogP contribution is 2.34. The van der Waals surface area contributed by atoms with E-state index in [1.54, 1.807) is 0 Å². The lowest BCUT2D eigenvalue weighted by Gasteiger charge is -2.31. The zero-order valence-electron chi connectivity index (χ0n) is 16.6. The predicted octanol–water partition coefficient (Wildman–Crippen LogP) is 3.98. The van der Waals surface area contributed by atoms with E-state index in [1.807, 2.05) is 6.20 Å². The molecule has 0 amide bonds. The van der Waals surface area contributed by atoms with Crippen LogP contribution in [0.3, 0.4) is 0 Å². The molecule has 0 radical (unpaired) electrons. The second-order valence-electron chi connectivity index (χ2n) is 7.79. The second kappa shape index (κ2) is 7.22. The molecule has 0 aliphatic carbocycles. The van der Waals surface area contributed by atoms with Crippen LogP contribution in [0.1, 0.15) is 28.8 Å². The highest BCUT2D eigenvalue weighted by atomic mass is 16.7. The van der Waals surface area contributed by atoms with Crippen LogP contribution in [0.4, 0.5) is 5.69 Å². The molecule has 0 N–H and O–H groups in total. The molecule has 4 heterocycles. The number of hydrogen-bond acceptors (Lipinski definition) is 4. The average molecular weight is 377 g/mol. The van der Waals surface area contributed by atoms with Crippen molar-refractivity contribution in [2.45, 2.75) is 46.1 Å². The number of hydrogen-bond donors (Lipinski definition) is 0. The number of pyridine rings is 1. The Hall–Kier alpha value is -2.37. The molecule has 0 spiro atoms. The maximum Gasteiger partial charge on any atom is 0.159 e. The van der Waals surface area contributed by atoms with Crippen LogP contribution in [0, 0.1) is 13.8 Å². The van der Waals surface area contributed by atoms with Crippen LogP contribution < -0.4 is 4.90 Å². The van der Waals surface area contributed by atoms with Gasteiger partial charge in [-0.1, -0.05) is 24.3 Å².